The summed E-state index contributed by atoms with van der Waals surface area (Å²) in [7, 11) is 0. The van der Waals surface area contributed by atoms with Crippen LogP contribution in [0.15, 0.2) is 47.1 Å². The topological polar surface area (TPSA) is 95.1 Å². The first-order chi connectivity index (χ1) is 10.7. The molecule has 0 unspecified atom stereocenters. The lowest BCUT2D eigenvalue weighted by Gasteiger charge is -2.06. The summed E-state index contributed by atoms with van der Waals surface area (Å²) < 4.78 is 4.96. The number of hydrogen-bond donors (Lipinski definition) is 2. The van der Waals surface area contributed by atoms with Gasteiger partial charge < -0.3 is 15.1 Å². The molecule has 1 heterocycles. The van der Waals surface area contributed by atoms with E-state index in [1.54, 1.807) is 36.4 Å². The largest absolute Gasteiger partial charge is 0.459 e. The van der Waals surface area contributed by atoms with Gasteiger partial charge in [0.15, 0.2) is 5.76 Å². The highest BCUT2D eigenvalue weighted by atomic mass is 16.3. The van der Waals surface area contributed by atoms with Crippen molar-refractivity contribution in [2.45, 2.75) is 12.8 Å². The van der Waals surface area contributed by atoms with E-state index in [1.165, 1.54) is 6.26 Å². The summed E-state index contributed by atoms with van der Waals surface area (Å²) >= 11 is 0. The average Bonchev–Trinajstić information content (AvgIpc) is 3.06. The van der Waals surface area contributed by atoms with Gasteiger partial charge in [-0.1, -0.05) is 6.07 Å². The minimum absolute atomic E-state index is 0.165. The third-order valence-electron chi connectivity index (χ3n) is 2.89. The molecule has 0 saturated carbocycles. The van der Waals surface area contributed by atoms with Crippen LogP contribution in [0.4, 0.5) is 5.69 Å². The van der Waals surface area contributed by atoms with Crippen molar-refractivity contribution in [3.8, 4) is 6.07 Å². The molecule has 0 aliphatic carbocycles. The predicted molar refractivity (Wildman–Crippen MR) is 80.1 cm³/mol. The van der Waals surface area contributed by atoms with E-state index in [2.05, 4.69) is 10.6 Å². The van der Waals surface area contributed by atoms with Crippen molar-refractivity contribution in [3.05, 3.63) is 54.0 Å². The van der Waals surface area contributed by atoms with Crippen molar-refractivity contribution in [2.75, 3.05) is 11.9 Å². The SMILES string of the molecule is N#Cc1cccc(NC(=O)CCCNC(=O)c2ccco2)c1. The Morgan fingerprint density at radius 1 is 1.23 bits per heavy atom. The zero-order chi connectivity index (χ0) is 15.8. The van der Waals surface area contributed by atoms with E-state index in [4.69, 9.17) is 9.68 Å². The highest BCUT2D eigenvalue weighted by Gasteiger charge is 2.08. The number of nitrogens with zero attached hydrogens (tertiary/aromatic N) is 1. The van der Waals surface area contributed by atoms with Gasteiger partial charge in [0.1, 0.15) is 0 Å². The van der Waals surface area contributed by atoms with E-state index in [9.17, 15) is 9.59 Å². The molecule has 2 aromatic rings. The van der Waals surface area contributed by atoms with E-state index >= 15 is 0 Å². The van der Waals surface area contributed by atoms with Gasteiger partial charge in [0.05, 0.1) is 17.9 Å². The Kier molecular flexibility index (Phi) is 5.32. The van der Waals surface area contributed by atoms with Crippen LogP contribution in [0.25, 0.3) is 0 Å². The summed E-state index contributed by atoms with van der Waals surface area (Å²) in [6.07, 6.45) is 2.21. The van der Waals surface area contributed by atoms with Crippen molar-refractivity contribution in [1.29, 1.82) is 5.26 Å². The molecule has 2 amide bonds. The second kappa shape index (κ2) is 7.64. The standard InChI is InChI=1S/C16H15N3O3/c17-11-12-4-1-5-13(10-12)19-15(20)7-2-8-18-16(21)14-6-3-9-22-14/h1,3-6,9-10H,2,7-8H2,(H,18,21)(H,19,20). The number of amides is 2. The van der Waals surface area contributed by atoms with Gasteiger partial charge in [0.2, 0.25) is 5.91 Å². The highest BCUT2D eigenvalue weighted by Crippen LogP contribution is 2.10. The van der Waals surface area contributed by atoms with Crippen LogP contribution >= 0.6 is 0 Å². The van der Waals surface area contributed by atoms with Crippen LogP contribution < -0.4 is 10.6 Å². The van der Waals surface area contributed by atoms with Crippen molar-refractivity contribution < 1.29 is 14.0 Å². The maximum Gasteiger partial charge on any atom is 0.286 e. The summed E-state index contributed by atoms with van der Waals surface area (Å²) in [5, 5.41) is 14.2. The Morgan fingerprint density at radius 2 is 2.09 bits per heavy atom. The van der Waals surface area contributed by atoms with Gasteiger partial charge in [-0.25, -0.2) is 0 Å². The van der Waals surface area contributed by atoms with Crippen LogP contribution in [-0.2, 0) is 4.79 Å². The van der Waals surface area contributed by atoms with Crippen LogP contribution in [0.3, 0.4) is 0 Å². The first-order valence-electron chi connectivity index (χ1n) is 6.81. The lowest BCUT2D eigenvalue weighted by Crippen LogP contribution is -2.25. The highest BCUT2D eigenvalue weighted by molar-refractivity contribution is 5.92. The summed E-state index contributed by atoms with van der Waals surface area (Å²) in [6, 6.07) is 11.9. The molecule has 1 aromatic heterocycles. The molecule has 0 bridgehead atoms. The zero-order valence-electron chi connectivity index (χ0n) is 11.8. The minimum Gasteiger partial charge on any atom is -0.459 e. The monoisotopic (exact) mass is 297 g/mol. The number of hydrogen-bond acceptors (Lipinski definition) is 4. The van der Waals surface area contributed by atoms with Crippen LogP contribution in [0, 0.1) is 11.3 Å². The second-order valence-electron chi connectivity index (χ2n) is 4.58. The van der Waals surface area contributed by atoms with E-state index in [1.807, 2.05) is 6.07 Å². The second-order valence-corrected chi connectivity index (χ2v) is 4.58. The number of nitrogens with one attached hydrogen (secondary N) is 2. The first kappa shape index (κ1) is 15.3. The van der Waals surface area contributed by atoms with Crippen molar-refractivity contribution >= 4 is 17.5 Å². The van der Waals surface area contributed by atoms with Gasteiger partial charge in [0, 0.05) is 18.7 Å². The fraction of sp³-hybridized carbons (Fsp3) is 0.188. The molecule has 2 rings (SSSR count). The average molecular weight is 297 g/mol. The fourth-order valence-corrected chi connectivity index (χ4v) is 1.84. The molecule has 0 aliphatic heterocycles. The number of nitriles is 1. The quantitative estimate of drug-likeness (QED) is 0.800. The molecule has 0 aliphatic rings. The van der Waals surface area contributed by atoms with Crippen LogP contribution in [0.2, 0.25) is 0 Å². The number of benzene rings is 1. The van der Waals surface area contributed by atoms with Gasteiger partial charge in [0.25, 0.3) is 5.91 Å². The Hall–Kier alpha value is -3.07. The zero-order valence-corrected chi connectivity index (χ0v) is 11.8. The molecule has 0 spiro atoms. The first-order valence-corrected chi connectivity index (χ1v) is 6.81. The summed E-state index contributed by atoms with van der Waals surface area (Å²) in [6.45, 7) is 0.380. The van der Waals surface area contributed by atoms with E-state index < -0.39 is 0 Å². The molecule has 6 nitrogen and oxygen atoms in total. The third kappa shape index (κ3) is 4.49. The number of furan rings is 1. The molecule has 0 atom stereocenters. The molecule has 6 heteroatoms. The number of anilines is 1. The molecule has 22 heavy (non-hydrogen) atoms. The van der Waals surface area contributed by atoms with Crippen LogP contribution in [0.5, 0.6) is 0 Å². The van der Waals surface area contributed by atoms with Crippen molar-refractivity contribution in [2.24, 2.45) is 0 Å². The lowest BCUT2D eigenvalue weighted by molar-refractivity contribution is -0.116. The summed E-state index contributed by atoms with van der Waals surface area (Å²) in [5.41, 5.74) is 1.08. The molecule has 2 N–H and O–H groups in total. The molecular formula is C16H15N3O3. The molecule has 1 aromatic carbocycles. The number of carbonyl (C=O) groups excluding carboxylic acids is 2. The third-order valence-corrected chi connectivity index (χ3v) is 2.89. The van der Waals surface area contributed by atoms with E-state index in [-0.39, 0.29) is 24.0 Å². The van der Waals surface area contributed by atoms with Crippen molar-refractivity contribution in [3.63, 3.8) is 0 Å². The van der Waals surface area contributed by atoms with Crippen LogP contribution in [-0.4, -0.2) is 18.4 Å². The molecule has 112 valence electrons. The van der Waals surface area contributed by atoms with Gasteiger partial charge in [-0.2, -0.15) is 5.26 Å². The molecular weight excluding hydrogens is 282 g/mol. The maximum absolute atomic E-state index is 11.8. The maximum atomic E-state index is 11.8. The van der Waals surface area contributed by atoms with Crippen LogP contribution in [0.1, 0.15) is 29.0 Å². The summed E-state index contributed by atoms with van der Waals surface area (Å²) in [4.78, 5) is 23.3. The molecule has 0 radical (unpaired) electrons. The molecule has 0 saturated heterocycles. The van der Waals surface area contributed by atoms with Crippen molar-refractivity contribution in [1.82, 2.24) is 5.32 Å². The predicted octanol–water partition coefficient (Wildman–Crippen LogP) is 2.30. The smallest absolute Gasteiger partial charge is 0.286 e. The Balaban J connectivity index is 1.70. The normalized spacial score (nSPS) is 9.77. The lowest BCUT2D eigenvalue weighted by atomic mass is 10.2. The van der Waals surface area contributed by atoms with Gasteiger partial charge >= 0.3 is 0 Å². The van der Waals surface area contributed by atoms with Gasteiger partial charge in [-0.3, -0.25) is 9.59 Å². The summed E-state index contributed by atoms with van der Waals surface area (Å²) in [5.74, 6) is -0.216. The molecule has 0 fully saturated rings. The van der Waals surface area contributed by atoms with Gasteiger partial charge in [-0.15, -0.1) is 0 Å². The number of carbonyl (C=O) groups is 2. The Bertz CT molecular complexity index is 687. The van der Waals surface area contributed by atoms with E-state index in [0.717, 1.165) is 0 Å². The minimum atomic E-state index is -0.299. The fourth-order valence-electron chi connectivity index (χ4n) is 1.84. The number of rotatable bonds is 6. The Labute approximate surface area is 127 Å². The Morgan fingerprint density at radius 3 is 2.82 bits per heavy atom. The van der Waals surface area contributed by atoms with E-state index in [0.29, 0.717) is 24.2 Å². The van der Waals surface area contributed by atoms with Gasteiger partial charge in [-0.05, 0) is 36.8 Å².